The minimum absolute atomic E-state index is 0.0564. The third kappa shape index (κ3) is 5.62. The number of alkyl halides is 2. The molecular weight excluding hydrogens is 300 g/mol. The molecule has 0 saturated carbocycles. The molecule has 0 spiro atoms. The van der Waals surface area contributed by atoms with Crippen LogP contribution in [-0.4, -0.2) is 18.3 Å². The minimum Gasteiger partial charge on any atom is -0.435 e. The van der Waals surface area contributed by atoms with E-state index in [2.05, 4.69) is 10.1 Å². The first kappa shape index (κ1) is 17.4. The number of benzene rings is 2. The van der Waals surface area contributed by atoms with E-state index in [9.17, 15) is 8.78 Å². The normalized spacial score (nSPS) is 12.4. The van der Waals surface area contributed by atoms with Gasteiger partial charge >= 0.3 is 6.61 Å². The van der Waals surface area contributed by atoms with Gasteiger partial charge in [0, 0.05) is 6.04 Å². The molecule has 0 saturated heterocycles. The molecule has 2 aromatic rings. The molecule has 0 radical (unpaired) electrons. The summed E-state index contributed by atoms with van der Waals surface area (Å²) in [6, 6.07) is 14.6. The Morgan fingerprint density at radius 3 is 2.17 bits per heavy atom. The highest BCUT2D eigenvalue weighted by Crippen LogP contribution is 2.19. The second-order valence-electron chi connectivity index (χ2n) is 5.35. The molecule has 0 aromatic heterocycles. The number of hydrogen-bond acceptors (Lipinski definition) is 3. The lowest BCUT2D eigenvalue weighted by molar-refractivity contribution is -0.0498. The molecule has 23 heavy (non-hydrogen) atoms. The Morgan fingerprint density at radius 1 is 1.00 bits per heavy atom. The summed E-state index contributed by atoms with van der Waals surface area (Å²) in [5.41, 5.74) is 3.12. The smallest absolute Gasteiger partial charge is 0.387 e. The van der Waals surface area contributed by atoms with Crippen molar-refractivity contribution in [3.63, 3.8) is 0 Å². The van der Waals surface area contributed by atoms with Crippen LogP contribution < -0.4 is 10.1 Å². The molecule has 1 unspecified atom stereocenters. The van der Waals surface area contributed by atoms with Gasteiger partial charge in [0.2, 0.25) is 0 Å². The van der Waals surface area contributed by atoms with Crippen LogP contribution in [-0.2, 0) is 13.0 Å². The molecule has 0 amide bonds. The van der Waals surface area contributed by atoms with Crippen LogP contribution in [0.1, 0.15) is 29.7 Å². The largest absolute Gasteiger partial charge is 0.435 e. The maximum Gasteiger partial charge on any atom is 0.387 e. The first-order valence-corrected chi connectivity index (χ1v) is 7.55. The van der Waals surface area contributed by atoms with E-state index in [-0.39, 0.29) is 18.4 Å². The second-order valence-corrected chi connectivity index (χ2v) is 5.35. The van der Waals surface area contributed by atoms with E-state index in [0.29, 0.717) is 0 Å². The number of hydrogen-bond donors (Lipinski definition) is 2. The topological polar surface area (TPSA) is 41.5 Å². The monoisotopic (exact) mass is 321 g/mol. The third-order valence-corrected chi connectivity index (χ3v) is 3.68. The summed E-state index contributed by atoms with van der Waals surface area (Å²) in [6.45, 7) is 0.0850. The summed E-state index contributed by atoms with van der Waals surface area (Å²) < 4.78 is 28.5. The van der Waals surface area contributed by atoms with Crippen molar-refractivity contribution in [2.24, 2.45) is 0 Å². The Hall–Kier alpha value is -1.98. The van der Waals surface area contributed by atoms with Gasteiger partial charge in [0.15, 0.2) is 0 Å². The maximum absolute atomic E-state index is 12.1. The first-order chi connectivity index (χ1) is 11.1. The van der Waals surface area contributed by atoms with Crippen molar-refractivity contribution < 1.29 is 18.6 Å². The molecule has 3 nitrogen and oxygen atoms in total. The number of aliphatic hydroxyl groups excluding tert-OH is 1. The van der Waals surface area contributed by atoms with Crippen LogP contribution in [0.5, 0.6) is 5.75 Å². The Bertz CT molecular complexity index is 585. The highest BCUT2D eigenvalue weighted by atomic mass is 19.3. The van der Waals surface area contributed by atoms with Crippen LogP contribution in [0, 0.1) is 0 Å². The third-order valence-electron chi connectivity index (χ3n) is 3.68. The molecule has 124 valence electrons. The Morgan fingerprint density at radius 2 is 1.61 bits per heavy atom. The average molecular weight is 321 g/mol. The summed E-state index contributed by atoms with van der Waals surface area (Å²) in [5.74, 6) is 0.167. The van der Waals surface area contributed by atoms with Crippen LogP contribution in [0.25, 0.3) is 0 Å². The van der Waals surface area contributed by atoms with Gasteiger partial charge in [-0.25, -0.2) is 0 Å². The Kier molecular flexibility index (Phi) is 6.50. The van der Waals surface area contributed by atoms with Gasteiger partial charge in [-0.15, -0.1) is 0 Å². The first-order valence-electron chi connectivity index (χ1n) is 7.55. The van der Waals surface area contributed by atoms with Crippen LogP contribution in [0.15, 0.2) is 48.5 Å². The van der Waals surface area contributed by atoms with E-state index in [1.807, 2.05) is 31.2 Å². The molecule has 2 rings (SSSR count). The molecule has 0 bridgehead atoms. The fourth-order valence-corrected chi connectivity index (χ4v) is 2.30. The number of ether oxygens (including phenoxy) is 1. The fourth-order valence-electron chi connectivity index (χ4n) is 2.30. The van der Waals surface area contributed by atoms with Crippen molar-refractivity contribution in [2.75, 3.05) is 6.54 Å². The molecule has 0 heterocycles. The fraction of sp³-hybridized carbons (Fsp3) is 0.333. The lowest BCUT2D eigenvalue weighted by Crippen LogP contribution is -2.21. The van der Waals surface area contributed by atoms with Gasteiger partial charge < -0.3 is 15.2 Å². The van der Waals surface area contributed by atoms with E-state index in [1.54, 1.807) is 24.3 Å². The van der Waals surface area contributed by atoms with Gasteiger partial charge in [0.25, 0.3) is 0 Å². The Balaban J connectivity index is 1.80. The predicted molar refractivity (Wildman–Crippen MR) is 85.6 cm³/mol. The number of rotatable bonds is 8. The molecule has 0 aliphatic carbocycles. The lowest BCUT2D eigenvalue weighted by Gasteiger charge is -2.15. The van der Waals surface area contributed by atoms with Crippen molar-refractivity contribution in [1.29, 1.82) is 0 Å². The van der Waals surface area contributed by atoms with Crippen LogP contribution in [0.2, 0.25) is 0 Å². The summed E-state index contributed by atoms with van der Waals surface area (Å²) in [4.78, 5) is 0. The quantitative estimate of drug-likeness (QED) is 0.779. The lowest BCUT2D eigenvalue weighted by atomic mass is 10.1. The summed E-state index contributed by atoms with van der Waals surface area (Å²) in [6.07, 6.45) is 0.878. The van der Waals surface area contributed by atoms with E-state index < -0.39 is 6.61 Å². The van der Waals surface area contributed by atoms with E-state index >= 15 is 0 Å². The number of halogens is 2. The van der Waals surface area contributed by atoms with Crippen molar-refractivity contribution in [1.82, 2.24) is 5.32 Å². The zero-order valence-corrected chi connectivity index (χ0v) is 13.0. The zero-order chi connectivity index (χ0) is 16.7. The van der Waals surface area contributed by atoms with Crippen LogP contribution >= 0.6 is 0 Å². The van der Waals surface area contributed by atoms with Crippen molar-refractivity contribution >= 4 is 0 Å². The van der Waals surface area contributed by atoms with Gasteiger partial charge in [-0.1, -0.05) is 36.4 Å². The maximum atomic E-state index is 12.1. The van der Waals surface area contributed by atoms with Crippen molar-refractivity contribution in [3.8, 4) is 5.75 Å². The summed E-state index contributed by atoms with van der Waals surface area (Å²) >= 11 is 0. The molecular formula is C18H21F2NO2. The molecule has 0 fully saturated rings. The van der Waals surface area contributed by atoms with E-state index in [4.69, 9.17) is 5.11 Å². The second kappa shape index (κ2) is 8.60. The highest BCUT2D eigenvalue weighted by molar-refractivity contribution is 5.29. The molecule has 1 atom stereocenters. The van der Waals surface area contributed by atoms with Gasteiger partial charge in [0.05, 0.1) is 6.61 Å². The van der Waals surface area contributed by atoms with Crippen LogP contribution in [0.4, 0.5) is 8.78 Å². The van der Waals surface area contributed by atoms with E-state index in [1.165, 1.54) is 5.56 Å². The number of aliphatic hydroxyl groups is 1. The summed E-state index contributed by atoms with van der Waals surface area (Å²) in [7, 11) is 0. The SMILES string of the molecule is CC(NCCc1ccc(CO)cc1)c1ccc(OC(F)F)cc1. The van der Waals surface area contributed by atoms with Crippen molar-refractivity contribution in [3.05, 3.63) is 65.2 Å². The van der Waals surface area contributed by atoms with Gasteiger partial charge in [-0.3, -0.25) is 0 Å². The van der Waals surface area contributed by atoms with Gasteiger partial charge in [-0.2, -0.15) is 8.78 Å². The molecule has 2 N–H and O–H groups in total. The zero-order valence-electron chi connectivity index (χ0n) is 13.0. The molecule has 0 aliphatic rings. The molecule has 5 heteroatoms. The molecule has 2 aromatic carbocycles. The van der Waals surface area contributed by atoms with Crippen molar-refractivity contribution in [2.45, 2.75) is 32.6 Å². The number of nitrogens with one attached hydrogen (secondary N) is 1. The average Bonchev–Trinajstić information content (AvgIpc) is 2.55. The molecule has 0 aliphatic heterocycles. The van der Waals surface area contributed by atoms with Gasteiger partial charge in [0.1, 0.15) is 5.75 Å². The predicted octanol–water partition coefficient (Wildman–Crippen LogP) is 3.67. The minimum atomic E-state index is -2.80. The summed E-state index contributed by atoms with van der Waals surface area (Å²) in [5, 5.41) is 12.4. The van der Waals surface area contributed by atoms with Crippen LogP contribution in [0.3, 0.4) is 0 Å². The van der Waals surface area contributed by atoms with Gasteiger partial charge in [-0.05, 0) is 48.7 Å². The highest BCUT2D eigenvalue weighted by Gasteiger charge is 2.07. The standard InChI is InChI=1S/C18H21F2NO2/c1-13(16-6-8-17(9-7-16)23-18(19)20)21-11-10-14-2-4-15(12-22)5-3-14/h2-9,13,18,21-22H,10-12H2,1H3. The Labute approximate surface area is 134 Å². The van der Waals surface area contributed by atoms with E-state index in [0.717, 1.165) is 24.1 Å².